The molecule has 0 saturated heterocycles. The number of aromatic nitrogens is 3. The Morgan fingerprint density at radius 1 is 1.25 bits per heavy atom. The van der Waals surface area contributed by atoms with E-state index >= 15 is 0 Å². The number of rotatable bonds is 3. The smallest absolute Gasteiger partial charge is 0.284 e. The van der Waals surface area contributed by atoms with Crippen LogP contribution in [0.5, 0.6) is 5.88 Å². The number of hydrogen-bond acceptors (Lipinski definition) is 5. The largest absolute Gasteiger partial charge is 0.493 e. The number of carbonyl (C=O) groups excluding carboxylic acids is 1. The number of carbonyl (C=O) groups is 1. The molecule has 0 atom stereocenters. The number of aromatic amines is 1. The van der Waals surface area contributed by atoms with Gasteiger partial charge in [0.15, 0.2) is 5.69 Å². The van der Waals surface area contributed by atoms with Gasteiger partial charge in [-0.15, -0.1) is 10.2 Å². The predicted octanol–water partition coefficient (Wildman–Crippen LogP) is 3.81. The number of azo groups is 1. The molecule has 2 aromatic heterocycles. The Bertz CT molecular complexity index is 1320. The molecule has 4 rings (SSSR count). The van der Waals surface area contributed by atoms with E-state index in [0.717, 1.165) is 9.13 Å². The lowest BCUT2D eigenvalue weighted by Gasteiger charge is -2.04. The van der Waals surface area contributed by atoms with E-state index in [1.807, 2.05) is 31.2 Å². The first-order valence-corrected chi connectivity index (χ1v) is 9.41. The minimum Gasteiger partial charge on any atom is -0.493 e. The average Bonchev–Trinajstić information content (AvgIpc) is 2.97. The summed E-state index contributed by atoms with van der Waals surface area (Å²) in [7, 11) is 0. The lowest BCUT2D eigenvalue weighted by molar-refractivity contribution is -0.118. The molecule has 140 valence electrons. The molecule has 8 nitrogen and oxygen atoms in total. The summed E-state index contributed by atoms with van der Waals surface area (Å²) in [6.45, 7) is 1.62. The number of aromatic hydroxyl groups is 1. The van der Waals surface area contributed by atoms with Gasteiger partial charge in [-0.1, -0.05) is 11.6 Å². The standard InChI is InChI=1S/C19H14IN5O3/c1-10-2-4-15-12(6-10)17(18(27)22-15)24-23-16(26)8-25-9-21-14-5-3-11(20)7-13(14)19(25)28/h2-7,9,22,27H,8H2,1H3. The van der Waals surface area contributed by atoms with Crippen LogP contribution >= 0.6 is 22.6 Å². The fraction of sp³-hybridized carbons (Fsp3) is 0.105. The van der Waals surface area contributed by atoms with Crippen LogP contribution in [0.3, 0.4) is 0 Å². The van der Waals surface area contributed by atoms with Crippen molar-refractivity contribution in [2.45, 2.75) is 13.5 Å². The van der Waals surface area contributed by atoms with Crippen molar-refractivity contribution in [3.63, 3.8) is 0 Å². The molecule has 0 aliphatic heterocycles. The van der Waals surface area contributed by atoms with Crippen LogP contribution in [0.25, 0.3) is 21.8 Å². The summed E-state index contributed by atoms with van der Waals surface area (Å²) in [5, 5.41) is 18.7. The molecule has 1 amide bonds. The summed E-state index contributed by atoms with van der Waals surface area (Å²) >= 11 is 2.11. The van der Waals surface area contributed by atoms with E-state index in [9.17, 15) is 14.7 Å². The molecule has 0 radical (unpaired) electrons. The van der Waals surface area contributed by atoms with Crippen LogP contribution < -0.4 is 5.56 Å². The van der Waals surface area contributed by atoms with Crippen molar-refractivity contribution in [1.29, 1.82) is 0 Å². The van der Waals surface area contributed by atoms with E-state index in [1.165, 1.54) is 10.9 Å². The summed E-state index contributed by atoms with van der Waals surface area (Å²) < 4.78 is 2.09. The predicted molar refractivity (Wildman–Crippen MR) is 113 cm³/mol. The lowest BCUT2D eigenvalue weighted by atomic mass is 10.2. The molecule has 0 fully saturated rings. The molecular formula is C19H14IN5O3. The maximum Gasteiger partial charge on any atom is 0.284 e. The Balaban J connectivity index is 1.63. The third kappa shape index (κ3) is 3.40. The Kier molecular flexibility index (Phi) is 4.67. The molecular weight excluding hydrogens is 473 g/mol. The molecule has 0 aliphatic rings. The Labute approximate surface area is 172 Å². The molecule has 2 heterocycles. The molecule has 4 aromatic rings. The van der Waals surface area contributed by atoms with E-state index in [1.54, 1.807) is 12.1 Å². The number of fused-ring (bicyclic) bond motifs is 2. The summed E-state index contributed by atoms with van der Waals surface area (Å²) in [4.78, 5) is 31.8. The van der Waals surface area contributed by atoms with Gasteiger partial charge < -0.3 is 10.1 Å². The first-order valence-electron chi connectivity index (χ1n) is 8.33. The van der Waals surface area contributed by atoms with Crippen molar-refractivity contribution < 1.29 is 9.90 Å². The van der Waals surface area contributed by atoms with E-state index in [4.69, 9.17) is 0 Å². The Morgan fingerprint density at radius 2 is 2.07 bits per heavy atom. The third-order valence-electron chi connectivity index (χ3n) is 4.26. The number of benzene rings is 2. The molecule has 9 heteroatoms. The fourth-order valence-corrected chi connectivity index (χ4v) is 3.40. The topological polar surface area (TPSA) is 113 Å². The van der Waals surface area contributed by atoms with Crippen molar-refractivity contribution >= 4 is 56.0 Å². The minimum atomic E-state index is -0.629. The Morgan fingerprint density at radius 3 is 2.89 bits per heavy atom. The van der Waals surface area contributed by atoms with Gasteiger partial charge in [0.05, 0.1) is 22.7 Å². The van der Waals surface area contributed by atoms with Gasteiger partial charge in [-0.25, -0.2) is 4.98 Å². The molecule has 0 unspecified atom stereocenters. The first kappa shape index (κ1) is 18.3. The first-order chi connectivity index (χ1) is 13.4. The highest BCUT2D eigenvalue weighted by Gasteiger charge is 2.12. The van der Waals surface area contributed by atoms with Gasteiger partial charge in [0.25, 0.3) is 11.5 Å². The minimum absolute atomic E-state index is 0.170. The number of aryl methyl sites for hydroxylation is 1. The van der Waals surface area contributed by atoms with Crippen LogP contribution in [0.4, 0.5) is 5.69 Å². The summed E-state index contributed by atoms with van der Waals surface area (Å²) in [5.41, 5.74) is 2.10. The van der Waals surface area contributed by atoms with Crippen LogP contribution in [0.1, 0.15) is 5.56 Å². The second-order valence-corrected chi connectivity index (χ2v) is 7.55. The molecule has 2 N–H and O–H groups in total. The van der Waals surface area contributed by atoms with Gasteiger partial charge in [-0.3, -0.25) is 14.2 Å². The van der Waals surface area contributed by atoms with Crippen molar-refractivity contribution in [3.05, 3.63) is 62.2 Å². The summed E-state index contributed by atoms with van der Waals surface area (Å²) in [6.07, 6.45) is 1.32. The maximum absolute atomic E-state index is 12.6. The number of hydrogen-bond donors (Lipinski definition) is 2. The fourth-order valence-electron chi connectivity index (χ4n) is 2.91. The SMILES string of the molecule is Cc1ccc2[nH]c(O)c(N=NC(=O)Cn3cnc4ccc(I)cc4c3=O)c2c1. The number of H-pyrrole nitrogens is 1. The van der Waals surface area contributed by atoms with Gasteiger partial charge in [-0.05, 0) is 59.8 Å². The normalized spacial score (nSPS) is 11.6. The molecule has 0 spiro atoms. The van der Waals surface area contributed by atoms with Crippen molar-refractivity contribution in [1.82, 2.24) is 14.5 Å². The van der Waals surface area contributed by atoms with Crippen LogP contribution in [0.15, 0.2) is 57.7 Å². The summed E-state index contributed by atoms with van der Waals surface area (Å²) in [6, 6.07) is 10.9. The second-order valence-electron chi connectivity index (χ2n) is 6.30. The van der Waals surface area contributed by atoms with Gasteiger partial charge in [0.2, 0.25) is 5.88 Å². The van der Waals surface area contributed by atoms with E-state index in [0.29, 0.717) is 21.8 Å². The lowest BCUT2D eigenvalue weighted by Crippen LogP contribution is -2.23. The monoisotopic (exact) mass is 487 g/mol. The zero-order chi connectivity index (χ0) is 19.8. The van der Waals surface area contributed by atoms with Crippen molar-refractivity contribution in [2.75, 3.05) is 0 Å². The zero-order valence-corrected chi connectivity index (χ0v) is 16.8. The van der Waals surface area contributed by atoms with E-state index < -0.39 is 5.91 Å². The number of nitrogens with one attached hydrogen (secondary N) is 1. The number of amides is 1. The van der Waals surface area contributed by atoms with E-state index in [-0.39, 0.29) is 23.7 Å². The maximum atomic E-state index is 12.6. The van der Waals surface area contributed by atoms with Crippen LogP contribution in [-0.2, 0) is 11.3 Å². The highest BCUT2D eigenvalue weighted by molar-refractivity contribution is 14.1. The molecule has 0 bridgehead atoms. The third-order valence-corrected chi connectivity index (χ3v) is 4.93. The molecule has 0 saturated carbocycles. The van der Waals surface area contributed by atoms with Gasteiger partial charge in [0, 0.05) is 8.96 Å². The average molecular weight is 487 g/mol. The zero-order valence-electron chi connectivity index (χ0n) is 14.7. The number of halogens is 1. The van der Waals surface area contributed by atoms with Gasteiger partial charge >= 0.3 is 0 Å². The van der Waals surface area contributed by atoms with Crippen molar-refractivity contribution in [3.8, 4) is 5.88 Å². The number of nitrogens with zero attached hydrogens (tertiary/aromatic N) is 4. The van der Waals surface area contributed by atoms with Crippen molar-refractivity contribution in [2.24, 2.45) is 10.2 Å². The highest BCUT2D eigenvalue weighted by atomic mass is 127. The second kappa shape index (κ2) is 7.15. The quantitative estimate of drug-likeness (QED) is 0.338. The highest BCUT2D eigenvalue weighted by Crippen LogP contribution is 2.35. The Hall–Kier alpha value is -3.08. The van der Waals surface area contributed by atoms with Crippen LogP contribution in [-0.4, -0.2) is 25.5 Å². The summed E-state index contributed by atoms with van der Waals surface area (Å²) in [5.74, 6) is -0.799. The molecule has 0 aliphatic carbocycles. The molecule has 28 heavy (non-hydrogen) atoms. The van der Waals surface area contributed by atoms with E-state index in [2.05, 4.69) is 42.8 Å². The van der Waals surface area contributed by atoms with Gasteiger partial charge in [0.1, 0.15) is 6.54 Å². The van der Waals surface area contributed by atoms with Crippen LogP contribution in [0.2, 0.25) is 0 Å². The molecule has 2 aromatic carbocycles. The van der Waals surface area contributed by atoms with Crippen LogP contribution in [0, 0.1) is 10.5 Å². The van der Waals surface area contributed by atoms with Gasteiger partial charge in [-0.2, -0.15) is 0 Å².